The molecule has 1 saturated heterocycles. The number of aliphatic hydroxyl groups is 1. The van der Waals surface area contributed by atoms with Gasteiger partial charge in [-0.3, -0.25) is 9.59 Å². The van der Waals surface area contributed by atoms with Crippen molar-refractivity contribution in [1.29, 1.82) is 0 Å². The lowest BCUT2D eigenvalue weighted by atomic mass is 9.74. The first-order valence-electron chi connectivity index (χ1n) is 9.87. The number of rotatable bonds is 6. The second-order valence-electron chi connectivity index (χ2n) is 7.53. The second kappa shape index (κ2) is 8.74. The summed E-state index contributed by atoms with van der Waals surface area (Å²) in [6, 6.07) is 13.7. The summed E-state index contributed by atoms with van der Waals surface area (Å²) in [6.07, 6.45) is 0.349. The van der Waals surface area contributed by atoms with Crippen molar-refractivity contribution < 1.29 is 19.1 Å². The van der Waals surface area contributed by atoms with E-state index in [1.165, 1.54) is 19.1 Å². The van der Waals surface area contributed by atoms with Crippen LogP contribution in [-0.2, 0) is 9.59 Å². The SMILES string of the molecule is CCC(=O)N1[C@@H](CO)[C@@H](c2ccc(-c3cccc(F)c3)cc2)[C@@H]1CN(C)C(C)=O. The molecule has 3 rings (SSSR count). The van der Waals surface area contributed by atoms with E-state index in [4.69, 9.17) is 0 Å². The monoisotopic (exact) mass is 398 g/mol. The molecule has 0 spiro atoms. The molecule has 1 fully saturated rings. The number of hydrogen-bond acceptors (Lipinski definition) is 3. The summed E-state index contributed by atoms with van der Waals surface area (Å²) in [4.78, 5) is 27.5. The van der Waals surface area contributed by atoms with Crippen molar-refractivity contribution >= 4 is 11.8 Å². The maximum atomic E-state index is 13.5. The molecule has 1 aliphatic rings. The van der Waals surface area contributed by atoms with Gasteiger partial charge in [-0.2, -0.15) is 0 Å². The van der Waals surface area contributed by atoms with Crippen LogP contribution in [0.2, 0.25) is 0 Å². The molecule has 2 aromatic carbocycles. The quantitative estimate of drug-likeness (QED) is 0.814. The Balaban J connectivity index is 1.89. The summed E-state index contributed by atoms with van der Waals surface area (Å²) >= 11 is 0. The topological polar surface area (TPSA) is 60.9 Å². The molecule has 0 radical (unpaired) electrons. The molecule has 3 atom stereocenters. The van der Waals surface area contributed by atoms with E-state index in [2.05, 4.69) is 0 Å². The molecule has 0 bridgehead atoms. The molecule has 1 aliphatic heterocycles. The van der Waals surface area contributed by atoms with Crippen molar-refractivity contribution in [2.75, 3.05) is 20.2 Å². The van der Waals surface area contributed by atoms with Crippen molar-refractivity contribution in [3.63, 3.8) is 0 Å². The van der Waals surface area contributed by atoms with Crippen LogP contribution in [-0.4, -0.2) is 59.0 Å². The van der Waals surface area contributed by atoms with Gasteiger partial charge in [0.2, 0.25) is 11.8 Å². The van der Waals surface area contributed by atoms with Crippen LogP contribution in [0.4, 0.5) is 4.39 Å². The van der Waals surface area contributed by atoms with Gasteiger partial charge in [0.05, 0.1) is 18.7 Å². The fraction of sp³-hybridized carbons (Fsp3) is 0.391. The van der Waals surface area contributed by atoms with Crippen molar-refractivity contribution in [2.24, 2.45) is 0 Å². The predicted octanol–water partition coefficient (Wildman–Crippen LogP) is 3.04. The average molecular weight is 398 g/mol. The van der Waals surface area contributed by atoms with Crippen molar-refractivity contribution in [3.8, 4) is 11.1 Å². The van der Waals surface area contributed by atoms with Gasteiger partial charge in [0.15, 0.2) is 0 Å². The Kier molecular flexibility index (Phi) is 6.33. The molecular formula is C23H27FN2O3. The van der Waals surface area contributed by atoms with Gasteiger partial charge in [0, 0.05) is 32.9 Å². The first-order valence-corrected chi connectivity index (χ1v) is 9.87. The van der Waals surface area contributed by atoms with Gasteiger partial charge in [0.25, 0.3) is 0 Å². The van der Waals surface area contributed by atoms with Gasteiger partial charge in [-0.1, -0.05) is 43.3 Å². The van der Waals surface area contributed by atoms with Gasteiger partial charge in [-0.15, -0.1) is 0 Å². The lowest BCUT2D eigenvalue weighted by molar-refractivity contribution is -0.153. The van der Waals surface area contributed by atoms with E-state index < -0.39 is 0 Å². The molecule has 29 heavy (non-hydrogen) atoms. The highest BCUT2D eigenvalue weighted by molar-refractivity contribution is 5.79. The molecule has 2 amide bonds. The van der Waals surface area contributed by atoms with Gasteiger partial charge >= 0.3 is 0 Å². The van der Waals surface area contributed by atoms with Crippen LogP contribution < -0.4 is 0 Å². The number of halogens is 1. The number of amides is 2. The van der Waals surface area contributed by atoms with Crippen LogP contribution in [0.15, 0.2) is 48.5 Å². The summed E-state index contributed by atoms with van der Waals surface area (Å²) in [5.41, 5.74) is 2.68. The number of carbonyl (C=O) groups excluding carboxylic acids is 2. The molecule has 2 aromatic rings. The molecule has 0 aliphatic carbocycles. The smallest absolute Gasteiger partial charge is 0.222 e. The zero-order valence-electron chi connectivity index (χ0n) is 17.0. The first-order chi connectivity index (χ1) is 13.9. The number of carbonyl (C=O) groups is 2. The number of nitrogens with zero attached hydrogens (tertiary/aromatic N) is 2. The Morgan fingerprint density at radius 2 is 1.79 bits per heavy atom. The Morgan fingerprint density at radius 3 is 2.34 bits per heavy atom. The van der Waals surface area contributed by atoms with Gasteiger partial charge < -0.3 is 14.9 Å². The average Bonchev–Trinajstić information content (AvgIpc) is 2.70. The van der Waals surface area contributed by atoms with E-state index in [1.54, 1.807) is 29.8 Å². The summed E-state index contributed by atoms with van der Waals surface area (Å²) in [5.74, 6) is -0.453. The van der Waals surface area contributed by atoms with Gasteiger partial charge in [-0.25, -0.2) is 4.39 Å². The summed E-state index contributed by atoms with van der Waals surface area (Å²) in [5, 5.41) is 9.94. The van der Waals surface area contributed by atoms with Crippen LogP contribution >= 0.6 is 0 Å². The Hall–Kier alpha value is -2.73. The highest BCUT2D eigenvalue weighted by Gasteiger charge is 2.50. The fourth-order valence-corrected chi connectivity index (χ4v) is 4.12. The van der Waals surface area contributed by atoms with Crippen LogP contribution in [0.1, 0.15) is 31.7 Å². The highest BCUT2D eigenvalue weighted by Crippen LogP contribution is 2.42. The Morgan fingerprint density at radius 1 is 1.10 bits per heavy atom. The third-order valence-corrected chi connectivity index (χ3v) is 5.77. The van der Waals surface area contributed by atoms with E-state index in [0.29, 0.717) is 13.0 Å². The molecule has 6 heteroatoms. The third-order valence-electron chi connectivity index (χ3n) is 5.77. The van der Waals surface area contributed by atoms with E-state index >= 15 is 0 Å². The molecule has 1 heterocycles. The summed E-state index contributed by atoms with van der Waals surface area (Å²) < 4.78 is 13.5. The van der Waals surface area contributed by atoms with Crippen LogP contribution in [0.3, 0.4) is 0 Å². The largest absolute Gasteiger partial charge is 0.394 e. The van der Waals surface area contributed by atoms with Crippen molar-refractivity contribution in [3.05, 3.63) is 59.9 Å². The van der Waals surface area contributed by atoms with Crippen molar-refractivity contribution in [2.45, 2.75) is 38.3 Å². The Labute approximate surface area is 170 Å². The summed E-state index contributed by atoms with van der Waals surface area (Å²) in [7, 11) is 1.72. The zero-order valence-corrected chi connectivity index (χ0v) is 17.0. The zero-order chi connectivity index (χ0) is 21.1. The van der Waals surface area contributed by atoms with E-state index in [0.717, 1.165) is 16.7 Å². The number of benzene rings is 2. The minimum atomic E-state index is -0.312. The van der Waals surface area contributed by atoms with Crippen LogP contribution in [0, 0.1) is 5.82 Å². The number of hydrogen-bond donors (Lipinski definition) is 1. The minimum absolute atomic E-state index is 0.0290. The standard InChI is InChI=1S/C23H27FN2O3/c1-4-22(29)26-20(13-25(3)15(2)28)23(21(26)14-27)17-10-8-16(9-11-17)18-6-5-7-19(24)12-18/h5-12,20-21,23,27H,4,13-14H2,1-3H3/t20-,21-,23-/m0/s1. The molecular weight excluding hydrogens is 371 g/mol. The number of likely N-dealkylation sites (N-methyl/N-ethyl adjacent to an activating group) is 1. The minimum Gasteiger partial charge on any atom is -0.394 e. The second-order valence-corrected chi connectivity index (χ2v) is 7.53. The summed E-state index contributed by atoms with van der Waals surface area (Å²) in [6.45, 7) is 3.57. The fourth-order valence-electron chi connectivity index (χ4n) is 4.12. The molecule has 0 aromatic heterocycles. The molecule has 5 nitrogen and oxygen atoms in total. The van der Waals surface area contributed by atoms with E-state index in [9.17, 15) is 19.1 Å². The van der Waals surface area contributed by atoms with Crippen LogP contribution in [0.5, 0.6) is 0 Å². The third kappa shape index (κ3) is 4.17. The van der Waals surface area contributed by atoms with Crippen LogP contribution in [0.25, 0.3) is 11.1 Å². The molecule has 1 N–H and O–H groups in total. The molecule has 0 saturated carbocycles. The van der Waals surface area contributed by atoms with E-state index in [1.807, 2.05) is 30.3 Å². The van der Waals surface area contributed by atoms with Gasteiger partial charge in [-0.05, 0) is 28.8 Å². The van der Waals surface area contributed by atoms with Gasteiger partial charge in [0.1, 0.15) is 5.82 Å². The molecule has 0 unspecified atom stereocenters. The number of likely N-dealkylation sites (tertiary alicyclic amines) is 1. The number of aliphatic hydroxyl groups excluding tert-OH is 1. The highest BCUT2D eigenvalue weighted by atomic mass is 19.1. The predicted molar refractivity (Wildman–Crippen MR) is 110 cm³/mol. The van der Waals surface area contributed by atoms with Crippen molar-refractivity contribution in [1.82, 2.24) is 9.80 Å². The lowest BCUT2D eigenvalue weighted by Crippen LogP contribution is -2.68. The van der Waals surface area contributed by atoms with E-state index in [-0.39, 0.29) is 42.2 Å². The normalized spacial score (nSPS) is 20.9. The maximum Gasteiger partial charge on any atom is 0.222 e. The molecule has 154 valence electrons. The Bertz CT molecular complexity index is 884. The lowest BCUT2D eigenvalue weighted by Gasteiger charge is -2.55. The maximum absolute atomic E-state index is 13.5. The first kappa shape index (κ1) is 21.0.